The van der Waals surface area contributed by atoms with E-state index in [-0.39, 0.29) is 29.4 Å². The highest BCUT2D eigenvalue weighted by atomic mass is 79.9. The number of sulfonamides is 1. The van der Waals surface area contributed by atoms with E-state index in [9.17, 15) is 8.42 Å². The van der Waals surface area contributed by atoms with Crippen LogP contribution in [0.1, 0.15) is 32.3 Å². The molecule has 21 heavy (non-hydrogen) atoms. The second-order valence-corrected chi connectivity index (χ2v) is 7.18. The van der Waals surface area contributed by atoms with Gasteiger partial charge in [0.2, 0.25) is 10.0 Å². The van der Waals surface area contributed by atoms with Gasteiger partial charge in [-0.3, -0.25) is 0 Å². The van der Waals surface area contributed by atoms with Gasteiger partial charge >= 0.3 is 0 Å². The van der Waals surface area contributed by atoms with Gasteiger partial charge in [-0.1, -0.05) is 29.8 Å². The van der Waals surface area contributed by atoms with Gasteiger partial charge in [0.1, 0.15) is 0 Å². The molecular weight excluding hydrogens is 378 g/mol. The van der Waals surface area contributed by atoms with Gasteiger partial charge in [0, 0.05) is 16.6 Å². The Kier molecular flexibility index (Phi) is 7.86. The molecule has 0 heterocycles. The van der Waals surface area contributed by atoms with Crippen LogP contribution in [0.2, 0.25) is 0 Å². The zero-order valence-corrected chi connectivity index (χ0v) is 15.1. The quantitative estimate of drug-likeness (QED) is 0.772. The zero-order chi connectivity index (χ0) is 15.4. The Labute approximate surface area is 140 Å². The third kappa shape index (κ3) is 4.94. The van der Waals surface area contributed by atoms with Crippen LogP contribution < -0.4 is 10.5 Å². The molecule has 0 aromatic heterocycles. The zero-order valence-electron chi connectivity index (χ0n) is 11.9. The molecule has 3 N–H and O–H groups in total. The van der Waals surface area contributed by atoms with Crippen molar-refractivity contribution in [2.75, 3.05) is 6.54 Å². The van der Waals surface area contributed by atoms with Crippen LogP contribution in [0.15, 0.2) is 27.6 Å². The largest absolute Gasteiger partial charge is 0.329 e. The van der Waals surface area contributed by atoms with Crippen LogP contribution in [-0.2, 0) is 10.0 Å². The Hall–Kier alpha value is -0.650. The topological polar surface area (TPSA) is 96.0 Å². The molecule has 118 valence electrons. The molecule has 0 amide bonds. The fraction of sp³-hybridized carbons (Fsp3) is 0.462. The van der Waals surface area contributed by atoms with E-state index >= 15 is 0 Å². The molecular formula is C13H19BrClN3O2S. The Morgan fingerprint density at radius 2 is 1.90 bits per heavy atom. The number of nitrogens with two attached hydrogens (primary N) is 1. The second kappa shape index (κ2) is 8.11. The maximum absolute atomic E-state index is 12.4. The van der Waals surface area contributed by atoms with Gasteiger partial charge in [-0.05, 0) is 31.0 Å². The van der Waals surface area contributed by atoms with Crippen LogP contribution in [0, 0.1) is 11.3 Å². The first-order chi connectivity index (χ1) is 9.32. The second-order valence-electron chi connectivity index (χ2n) is 4.58. The van der Waals surface area contributed by atoms with Crippen molar-refractivity contribution in [1.29, 1.82) is 5.26 Å². The smallest absolute Gasteiger partial charge is 0.241 e. The van der Waals surface area contributed by atoms with E-state index in [1.54, 1.807) is 6.07 Å². The van der Waals surface area contributed by atoms with Crippen molar-refractivity contribution >= 4 is 38.4 Å². The van der Waals surface area contributed by atoms with Crippen LogP contribution in [0.4, 0.5) is 0 Å². The van der Waals surface area contributed by atoms with Crippen molar-refractivity contribution in [1.82, 2.24) is 4.72 Å². The van der Waals surface area contributed by atoms with Crippen LogP contribution in [0.5, 0.6) is 0 Å². The Balaban J connectivity index is 0.00000400. The lowest BCUT2D eigenvalue weighted by atomic mass is 9.95. The van der Waals surface area contributed by atoms with Crippen molar-refractivity contribution in [2.24, 2.45) is 5.73 Å². The summed E-state index contributed by atoms with van der Waals surface area (Å²) in [4.78, 5) is 0.0585. The molecule has 5 nitrogen and oxygen atoms in total. The predicted octanol–water partition coefficient (Wildman–Crippen LogP) is 2.54. The summed E-state index contributed by atoms with van der Waals surface area (Å²) in [5.74, 6) is 0. The molecule has 0 aliphatic rings. The van der Waals surface area contributed by atoms with Gasteiger partial charge in [-0.25, -0.2) is 13.1 Å². The molecule has 0 fully saturated rings. The van der Waals surface area contributed by atoms with Crippen molar-refractivity contribution in [3.8, 4) is 6.07 Å². The van der Waals surface area contributed by atoms with Gasteiger partial charge in [0.05, 0.1) is 16.5 Å². The third-order valence-corrected chi connectivity index (χ3v) is 5.42. The Morgan fingerprint density at radius 1 is 1.33 bits per heavy atom. The highest BCUT2D eigenvalue weighted by Crippen LogP contribution is 2.22. The van der Waals surface area contributed by atoms with Crippen molar-refractivity contribution in [3.05, 3.63) is 28.2 Å². The fourth-order valence-corrected chi connectivity index (χ4v) is 4.12. The fourth-order valence-electron chi connectivity index (χ4n) is 1.85. The van der Waals surface area contributed by atoms with Crippen LogP contribution >= 0.6 is 28.3 Å². The van der Waals surface area contributed by atoms with E-state index in [1.165, 1.54) is 12.1 Å². The minimum absolute atomic E-state index is 0. The van der Waals surface area contributed by atoms with E-state index in [0.29, 0.717) is 17.3 Å². The third-order valence-electron chi connectivity index (χ3n) is 3.41. The minimum atomic E-state index is -3.72. The highest BCUT2D eigenvalue weighted by Gasteiger charge is 2.31. The molecule has 0 saturated carbocycles. The molecule has 0 aliphatic heterocycles. The lowest BCUT2D eigenvalue weighted by molar-refractivity contribution is 0.363. The van der Waals surface area contributed by atoms with Crippen LogP contribution in [0.25, 0.3) is 0 Å². The van der Waals surface area contributed by atoms with E-state index in [4.69, 9.17) is 11.0 Å². The summed E-state index contributed by atoms with van der Waals surface area (Å²) in [5, 5.41) is 8.92. The summed E-state index contributed by atoms with van der Waals surface area (Å²) in [6, 6.07) is 6.32. The number of rotatable bonds is 6. The normalized spacial score (nSPS) is 11.6. The molecule has 1 aromatic rings. The van der Waals surface area contributed by atoms with Gasteiger partial charge in [-0.15, -0.1) is 12.4 Å². The summed E-state index contributed by atoms with van der Waals surface area (Å²) >= 11 is 3.21. The maximum atomic E-state index is 12.4. The Morgan fingerprint density at radius 3 is 2.33 bits per heavy atom. The van der Waals surface area contributed by atoms with E-state index in [1.807, 2.05) is 19.9 Å². The first-order valence-corrected chi connectivity index (χ1v) is 8.55. The SMILES string of the molecule is CCC(CC)(CN)NS(=O)(=O)c1cc(Br)cc(C#N)c1.Cl. The standard InChI is InChI=1S/C13H18BrN3O2S.ClH/c1-3-13(4-2,9-16)17-20(18,19)12-6-10(8-15)5-11(14)7-12;/h5-7,17H,3-4,9,16H2,1-2H3;1H. The van der Waals surface area contributed by atoms with Crippen LogP contribution in [0.3, 0.4) is 0 Å². The van der Waals surface area contributed by atoms with Crippen molar-refractivity contribution in [2.45, 2.75) is 37.1 Å². The summed E-state index contributed by atoms with van der Waals surface area (Å²) < 4.78 is 28.1. The molecule has 1 aromatic carbocycles. The number of nitriles is 1. The summed E-state index contributed by atoms with van der Waals surface area (Å²) in [5.41, 5.74) is 5.34. The van der Waals surface area contributed by atoms with Crippen LogP contribution in [-0.4, -0.2) is 20.5 Å². The molecule has 0 radical (unpaired) electrons. The minimum Gasteiger partial charge on any atom is -0.329 e. The molecule has 0 spiro atoms. The van der Waals surface area contributed by atoms with Gasteiger partial charge in [0.25, 0.3) is 0 Å². The monoisotopic (exact) mass is 395 g/mol. The molecule has 0 saturated heterocycles. The summed E-state index contributed by atoms with van der Waals surface area (Å²) in [6.07, 6.45) is 1.19. The average Bonchev–Trinajstić information content (AvgIpc) is 2.44. The molecule has 1 rings (SSSR count). The van der Waals surface area contributed by atoms with E-state index in [0.717, 1.165) is 0 Å². The number of nitrogens with one attached hydrogen (secondary N) is 1. The lowest BCUT2D eigenvalue weighted by Gasteiger charge is -2.31. The van der Waals surface area contributed by atoms with Gasteiger partial charge in [0.15, 0.2) is 0 Å². The highest BCUT2D eigenvalue weighted by molar-refractivity contribution is 9.10. The van der Waals surface area contributed by atoms with E-state index in [2.05, 4.69) is 20.7 Å². The number of hydrogen-bond donors (Lipinski definition) is 2. The molecule has 0 unspecified atom stereocenters. The number of hydrogen-bond acceptors (Lipinski definition) is 4. The average molecular weight is 397 g/mol. The van der Waals surface area contributed by atoms with Crippen molar-refractivity contribution in [3.63, 3.8) is 0 Å². The van der Waals surface area contributed by atoms with Crippen molar-refractivity contribution < 1.29 is 8.42 Å². The molecule has 0 atom stereocenters. The summed E-state index contributed by atoms with van der Waals surface area (Å²) in [7, 11) is -3.72. The number of halogens is 2. The summed E-state index contributed by atoms with van der Waals surface area (Å²) in [6.45, 7) is 4.00. The predicted molar refractivity (Wildman–Crippen MR) is 88.8 cm³/mol. The number of nitrogens with zero attached hydrogens (tertiary/aromatic N) is 1. The maximum Gasteiger partial charge on any atom is 0.241 e. The first-order valence-electron chi connectivity index (χ1n) is 6.27. The van der Waals surface area contributed by atoms with Gasteiger partial charge in [-0.2, -0.15) is 5.26 Å². The Bertz CT molecular complexity index is 617. The molecule has 8 heteroatoms. The molecule has 0 aliphatic carbocycles. The van der Waals surface area contributed by atoms with E-state index < -0.39 is 15.6 Å². The first kappa shape index (κ1) is 20.3. The molecule has 0 bridgehead atoms. The van der Waals surface area contributed by atoms with Gasteiger partial charge < -0.3 is 5.73 Å². The number of benzene rings is 1. The lowest BCUT2D eigenvalue weighted by Crippen LogP contribution is -2.52.